The third kappa shape index (κ3) is 5.54. The van der Waals surface area contributed by atoms with E-state index in [0.717, 1.165) is 6.07 Å². The molecule has 0 unspecified atom stereocenters. The minimum Gasteiger partial charge on any atom is -0.323 e. The Morgan fingerprint density at radius 1 is 1.22 bits per heavy atom. The topological polar surface area (TPSA) is 72.5 Å². The fourth-order valence-corrected chi connectivity index (χ4v) is 2.22. The molecule has 0 aliphatic rings. The van der Waals surface area contributed by atoms with E-state index < -0.39 is 32.9 Å². The second-order valence-corrected chi connectivity index (χ2v) is 7.84. The summed E-state index contributed by atoms with van der Waals surface area (Å²) in [5.74, 6) is -2.54. The molecule has 0 spiro atoms. The average molecular weight is 349 g/mol. The molecule has 0 aromatic heterocycles. The van der Waals surface area contributed by atoms with Crippen molar-refractivity contribution in [2.24, 2.45) is 5.92 Å². The Morgan fingerprint density at radius 2 is 1.83 bits per heavy atom. The van der Waals surface area contributed by atoms with Crippen molar-refractivity contribution >= 4 is 21.7 Å². The van der Waals surface area contributed by atoms with Crippen molar-refractivity contribution in [3.63, 3.8) is 0 Å². The summed E-state index contributed by atoms with van der Waals surface area (Å²) in [4.78, 5) is 11.7. The number of rotatable bonds is 7. The maximum Gasteiger partial charge on any atom is 0.269 e. The van der Waals surface area contributed by atoms with E-state index >= 15 is 0 Å². The number of halogens is 2. The monoisotopic (exact) mass is 349 g/mol. The zero-order valence-electron chi connectivity index (χ0n) is 13.5. The second-order valence-electron chi connectivity index (χ2n) is 5.68. The van der Waals surface area contributed by atoms with E-state index in [-0.39, 0.29) is 30.2 Å². The third-order valence-electron chi connectivity index (χ3n) is 3.11. The number of hydrogen-bond acceptors (Lipinski definition) is 4. The van der Waals surface area contributed by atoms with Gasteiger partial charge in [-0.2, -0.15) is 8.42 Å². The molecule has 130 valence electrons. The number of amides is 1. The summed E-state index contributed by atoms with van der Waals surface area (Å²) in [5.41, 5.74) is -0.0221. The highest BCUT2D eigenvalue weighted by Crippen LogP contribution is 2.23. The Bertz CT molecular complexity index is 672. The van der Waals surface area contributed by atoms with E-state index in [1.807, 2.05) is 0 Å². The largest absolute Gasteiger partial charge is 0.323 e. The molecule has 0 atom stereocenters. The number of nitrogens with one attached hydrogen (secondary N) is 1. The van der Waals surface area contributed by atoms with Gasteiger partial charge >= 0.3 is 0 Å². The molecule has 1 amide bonds. The molecule has 0 fully saturated rings. The maximum absolute atomic E-state index is 13.9. The molecule has 0 saturated carbocycles. The van der Waals surface area contributed by atoms with Crippen molar-refractivity contribution in [2.75, 3.05) is 11.9 Å². The van der Waals surface area contributed by atoms with Gasteiger partial charge in [-0.3, -0.25) is 8.98 Å². The number of hydrogen-bond donors (Lipinski definition) is 1. The number of anilines is 1. The molecule has 1 aromatic carbocycles. The molecular formula is C15H21F2NO4S. The lowest BCUT2D eigenvalue weighted by atomic mass is 10.1. The Hall–Kier alpha value is -1.54. The Morgan fingerprint density at radius 3 is 2.35 bits per heavy atom. The van der Waals surface area contributed by atoms with Gasteiger partial charge in [0.15, 0.2) is 0 Å². The summed E-state index contributed by atoms with van der Waals surface area (Å²) in [6, 6.07) is 1.70. The first-order valence-corrected chi connectivity index (χ1v) is 8.68. The number of carbonyl (C=O) groups is 1. The Balaban J connectivity index is 2.95. The van der Waals surface area contributed by atoms with Gasteiger partial charge < -0.3 is 5.32 Å². The molecular weight excluding hydrogens is 328 g/mol. The van der Waals surface area contributed by atoms with Crippen molar-refractivity contribution in [1.82, 2.24) is 0 Å². The summed E-state index contributed by atoms with van der Waals surface area (Å²) in [6.07, 6.45) is -0.0612. The van der Waals surface area contributed by atoms with Gasteiger partial charge in [0.05, 0.1) is 17.5 Å². The molecule has 1 rings (SSSR count). The zero-order chi connectivity index (χ0) is 17.8. The normalized spacial score (nSPS) is 12.0. The lowest BCUT2D eigenvalue weighted by molar-refractivity contribution is -0.118. The van der Waals surface area contributed by atoms with Crippen molar-refractivity contribution < 1.29 is 26.2 Å². The van der Waals surface area contributed by atoms with E-state index in [1.54, 1.807) is 13.8 Å². The Kier molecular flexibility index (Phi) is 6.64. The van der Waals surface area contributed by atoms with Gasteiger partial charge in [0.25, 0.3) is 10.1 Å². The van der Waals surface area contributed by atoms with Crippen LogP contribution in [-0.4, -0.2) is 26.2 Å². The van der Waals surface area contributed by atoms with Crippen molar-refractivity contribution in [3.8, 4) is 0 Å². The third-order valence-corrected chi connectivity index (χ3v) is 4.76. The number of benzene rings is 1. The fourth-order valence-electron chi connectivity index (χ4n) is 1.64. The molecule has 8 heteroatoms. The lowest BCUT2D eigenvalue weighted by Gasteiger charge is -2.14. The van der Waals surface area contributed by atoms with Crippen molar-refractivity contribution in [3.05, 3.63) is 29.3 Å². The molecule has 0 radical (unpaired) electrons. The van der Waals surface area contributed by atoms with Crippen LogP contribution in [0.25, 0.3) is 0 Å². The van der Waals surface area contributed by atoms with Crippen molar-refractivity contribution in [2.45, 2.75) is 39.4 Å². The van der Waals surface area contributed by atoms with Crippen LogP contribution in [0.5, 0.6) is 0 Å². The zero-order valence-corrected chi connectivity index (χ0v) is 14.3. The number of carbonyl (C=O) groups excluding carboxylic acids is 1. The molecule has 0 aliphatic heterocycles. The first-order valence-electron chi connectivity index (χ1n) is 7.21. The molecule has 1 aromatic rings. The molecule has 0 heterocycles. The SMILES string of the molecule is CC(C)C(=O)Nc1c(F)cc(F)cc1CCOS(=O)(=O)C(C)C. The highest BCUT2D eigenvalue weighted by molar-refractivity contribution is 7.87. The summed E-state index contributed by atoms with van der Waals surface area (Å²) in [6.45, 7) is 5.93. The molecule has 0 aliphatic carbocycles. The minimum absolute atomic E-state index is 0.0612. The van der Waals surface area contributed by atoms with Crippen LogP contribution in [0.15, 0.2) is 12.1 Å². The lowest BCUT2D eigenvalue weighted by Crippen LogP contribution is -2.21. The van der Waals surface area contributed by atoms with Crippen LogP contribution in [0, 0.1) is 17.6 Å². The van der Waals surface area contributed by atoms with Gasteiger partial charge in [-0.1, -0.05) is 13.8 Å². The summed E-state index contributed by atoms with van der Waals surface area (Å²) >= 11 is 0. The van der Waals surface area contributed by atoms with Gasteiger partial charge in [0.1, 0.15) is 11.6 Å². The first kappa shape index (κ1) is 19.5. The average Bonchev–Trinajstić information content (AvgIpc) is 2.41. The molecule has 1 N–H and O–H groups in total. The van der Waals surface area contributed by atoms with E-state index in [4.69, 9.17) is 4.18 Å². The van der Waals surface area contributed by atoms with Crippen LogP contribution < -0.4 is 5.32 Å². The highest BCUT2D eigenvalue weighted by Gasteiger charge is 2.19. The van der Waals surface area contributed by atoms with Crippen LogP contribution in [0.4, 0.5) is 14.5 Å². The highest BCUT2D eigenvalue weighted by atomic mass is 32.2. The smallest absolute Gasteiger partial charge is 0.269 e. The van der Waals surface area contributed by atoms with E-state index in [1.165, 1.54) is 13.8 Å². The minimum atomic E-state index is -3.71. The van der Waals surface area contributed by atoms with Crippen LogP contribution >= 0.6 is 0 Å². The van der Waals surface area contributed by atoms with E-state index in [9.17, 15) is 22.0 Å². The standard InChI is InChI=1S/C15H21F2NO4S/c1-9(2)15(19)18-14-11(7-12(16)8-13(14)17)5-6-22-23(20,21)10(3)4/h7-10H,5-6H2,1-4H3,(H,18,19). The van der Waals surface area contributed by atoms with E-state index in [2.05, 4.69) is 5.32 Å². The second kappa shape index (κ2) is 7.83. The fraction of sp³-hybridized carbons (Fsp3) is 0.533. The maximum atomic E-state index is 13.9. The summed E-state index contributed by atoms with van der Waals surface area (Å²) in [5, 5.41) is 1.67. The van der Waals surface area contributed by atoms with Gasteiger partial charge in [0.2, 0.25) is 5.91 Å². The van der Waals surface area contributed by atoms with E-state index in [0.29, 0.717) is 6.07 Å². The van der Waals surface area contributed by atoms with Crippen LogP contribution in [0.3, 0.4) is 0 Å². The van der Waals surface area contributed by atoms with Gasteiger partial charge in [-0.05, 0) is 31.9 Å². The van der Waals surface area contributed by atoms with Gasteiger partial charge in [-0.15, -0.1) is 0 Å². The van der Waals surface area contributed by atoms with Gasteiger partial charge in [-0.25, -0.2) is 8.78 Å². The molecule has 5 nitrogen and oxygen atoms in total. The van der Waals surface area contributed by atoms with Crippen LogP contribution in [-0.2, 0) is 25.5 Å². The van der Waals surface area contributed by atoms with Crippen LogP contribution in [0.2, 0.25) is 0 Å². The quantitative estimate of drug-likeness (QED) is 0.768. The Labute approximate surface area is 135 Å². The predicted octanol–water partition coefficient (Wildman–Crippen LogP) is 2.86. The molecule has 23 heavy (non-hydrogen) atoms. The summed E-state index contributed by atoms with van der Waals surface area (Å²) < 4.78 is 55.2. The summed E-state index contributed by atoms with van der Waals surface area (Å²) in [7, 11) is -3.71. The van der Waals surface area contributed by atoms with Crippen LogP contribution in [0.1, 0.15) is 33.3 Å². The van der Waals surface area contributed by atoms with Gasteiger partial charge in [0, 0.05) is 12.0 Å². The predicted molar refractivity (Wildman–Crippen MR) is 83.5 cm³/mol. The van der Waals surface area contributed by atoms with Crippen molar-refractivity contribution in [1.29, 1.82) is 0 Å². The molecule has 0 bridgehead atoms. The molecule has 0 saturated heterocycles. The first-order chi connectivity index (χ1) is 10.5.